The highest BCUT2D eigenvalue weighted by molar-refractivity contribution is 6.42. The minimum atomic E-state index is -0.0771. The van der Waals surface area contributed by atoms with Crippen molar-refractivity contribution >= 4 is 41.5 Å². The molecular formula is C15H17Cl3N4O. The first kappa shape index (κ1) is 18.1. The molecule has 1 aliphatic rings. The number of nitrogens with zero attached hydrogens (tertiary/aromatic N) is 3. The van der Waals surface area contributed by atoms with E-state index in [2.05, 4.69) is 5.10 Å². The van der Waals surface area contributed by atoms with Crippen molar-refractivity contribution in [3.63, 3.8) is 0 Å². The number of hydrogen-bond donors (Lipinski definition) is 1. The van der Waals surface area contributed by atoms with Crippen molar-refractivity contribution in [1.29, 1.82) is 0 Å². The number of aromatic nitrogens is 2. The van der Waals surface area contributed by atoms with Crippen LogP contribution in [0.4, 0.5) is 0 Å². The molecule has 1 aliphatic heterocycles. The SMILES string of the molecule is Cl.NCC1CCCN1C(=O)c1ccn(-c2ccc(Cl)c(Cl)c2)n1. The zero-order chi connectivity index (χ0) is 15.7. The van der Waals surface area contributed by atoms with Crippen molar-refractivity contribution in [2.75, 3.05) is 13.1 Å². The fourth-order valence-corrected chi connectivity index (χ4v) is 3.00. The second-order valence-electron chi connectivity index (χ2n) is 5.27. The summed E-state index contributed by atoms with van der Waals surface area (Å²) >= 11 is 11.9. The van der Waals surface area contributed by atoms with Crippen LogP contribution in [0.25, 0.3) is 5.69 Å². The molecule has 1 fully saturated rings. The molecule has 1 aromatic heterocycles. The van der Waals surface area contributed by atoms with Crippen molar-refractivity contribution in [2.24, 2.45) is 5.73 Å². The van der Waals surface area contributed by atoms with Crippen LogP contribution in [0.1, 0.15) is 23.3 Å². The predicted molar refractivity (Wildman–Crippen MR) is 93.9 cm³/mol. The lowest BCUT2D eigenvalue weighted by Crippen LogP contribution is -2.40. The minimum Gasteiger partial charge on any atom is -0.333 e. The Bertz CT molecular complexity index is 704. The molecule has 124 valence electrons. The van der Waals surface area contributed by atoms with Crippen LogP contribution in [0.5, 0.6) is 0 Å². The number of halogens is 3. The van der Waals surface area contributed by atoms with Gasteiger partial charge in [-0.15, -0.1) is 12.4 Å². The Morgan fingerprint density at radius 3 is 2.78 bits per heavy atom. The number of rotatable bonds is 3. The number of likely N-dealkylation sites (tertiary alicyclic amines) is 1. The van der Waals surface area contributed by atoms with E-state index in [0.29, 0.717) is 22.3 Å². The van der Waals surface area contributed by atoms with Crippen molar-refractivity contribution in [1.82, 2.24) is 14.7 Å². The summed E-state index contributed by atoms with van der Waals surface area (Å²) in [6, 6.07) is 7.03. The van der Waals surface area contributed by atoms with E-state index in [1.165, 1.54) is 0 Å². The molecule has 2 aromatic rings. The van der Waals surface area contributed by atoms with Gasteiger partial charge in [-0.05, 0) is 37.1 Å². The molecule has 1 atom stereocenters. The predicted octanol–water partition coefficient (Wildman–Crippen LogP) is 3.16. The van der Waals surface area contributed by atoms with E-state index in [0.717, 1.165) is 25.1 Å². The molecule has 1 unspecified atom stereocenters. The van der Waals surface area contributed by atoms with E-state index in [9.17, 15) is 4.79 Å². The maximum atomic E-state index is 12.5. The molecule has 3 rings (SSSR count). The Morgan fingerprint density at radius 1 is 1.30 bits per heavy atom. The first-order valence-corrected chi connectivity index (χ1v) is 7.88. The Morgan fingerprint density at radius 2 is 2.09 bits per heavy atom. The molecule has 0 aliphatic carbocycles. The molecule has 0 saturated carbocycles. The zero-order valence-corrected chi connectivity index (χ0v) is 14.6. The number of amides is 1. The molecule has 2 heterocycles. The minimum absolute atomic E-state index is 0. The second kappa shape index (κ2) is 7.53. The zero-order valence-electron chi connectivity index (χ0n) is 12.3. The quantitative estimate of drug-likeness (QED) is 0.896. The second-order valence-corrected chi connectivity index (χ2v) is 6.09. The van der Waals surface area contributed by atoms with Crippen LogP contribution < -0.4 is 5.73 Å². The normalized spacial score (nSPS) is 17.2. The summed E-state index contributed by atoms with van der Waals surface area (Å²) in [6.45, 7) is 1.22. The molecule has 0 bridgehead atoms. The van der Waals surface area contributed by atoms with E-state index in [4.69, 9.17) is 28.9 Å². The number of carbonyl (C=O) groups is 1. The molecule has 5 nitrogen and oxygen atoms in total. The van der Waals surface area contributed by atoms with Gasteiger partial charge in [-0.1, -0.05) is 23.2 Å². The summed E-state index contributed by atoms with van der Waals surface area (Å²) in [5.74, 6) is -0.0771. The smallest absolute Gasteiger partial charge is 0.274 e. The number of hydrogen-bond acceptors (Lipinski definition) is 3. The van der Waals surface area contributed by atoms with Crippen LogP contribution in [0.2, 0.25) is 10.0 Å². The highest BCUT2D eigenvalue weighted by Gasteiger charge is 2.29. The average molecular weight is 376 g/mol. The molecule has 2 N–H and O–H groups in total. The summed E-state index contributed by atoms with van der Waals surface area (Å²) in [6.07, 6.45) is 3.68. The highest BCUT2D eigenvalue weighted by Crippen LogP contribution is 2.24. The molecular weight excluding hydrogens is 359 g/mol. The van der Waals surface area contributed by atoms with Gasteiger partial charge in [0.2, 0.25) is 0 Å². The van der Waals surface area contributed by atoms with Gasteiger partial charge in [-0.2, -0.15) is 5.10 Å². The van der Waals surface area contributed by atoms with Gasteiger partial charge in [-0.3, -0.25) is 4.79 Å². The lowest BCUT2D eigenvalue weighted by Gasteiger charge is -2.22. The molecule has 0 spiro atoms. The van der Waals surface area contributed by atoms with Gasteiger partial charge in [0.1, 0.15) is 0 Å². The summed E-state index contributed by atoms with van der Waals surface area (Å²) in [4.78, 5) is 14.3. The number of carbonyl (C=O) groups excluding carboxylic acids is 1. The van der Waals surface area contributed by atoms with Crippen molar-refractivity contribution < 1.29 is 4.79 Å². The number of benzene rings is 1. The topological polar surface area (TPSA) is 64.2 Å². The van der Waals surface area contributed by atoms with Crippen LogP contribution >= 0.6 is 35.6 Å². The van der Waals surface area contributed by atoms with Crippen molar-refractivity contribution in [3.05, 3.63) is 46.2 Å². The molecule has 1 amide bonds. The molecule has 8 heteroatoms. The summed E-state index contributed by atoms with van der Waals surface area (Å²) in [5.41, 5.74) is 6.88. The van der Waals surface area contributed by atoms with Crippen molar-refractivity contribution in [2.45, 2.75) is 18.9 Å². The van der Waals surface area contributed by atoms with E-state index >= 15 is 0 Å². The van der Waals surface area contributed by atoms with Crippen LogP contribution in [0, 0.1) is 0 Å². The third-order valence-corrected chi connectivity index (χ3v) is 4.63. The Balaban J connectivity index is 0.00000192. The van der Waals surface area contributed by atoms with Crippen LogP contribution in [-0.4, -0.2) is 39.7 Å². The number of nitrogens with two attached hydrogens (primary N) is 1. The first-order valence-electron chi connectivity index (χ1n) is 7.12. The van der Waals surface area contributed by atoms with Gasteiger partial charge >= 0.3 is 0 Å². The van der Waals surface area contributed by atoms with Gasteiger partial charge in [0.25, 0.3) is 5.91 Å². The van der Waals surface area contributed by atoms with Gasteiger partial charge in [0.15, 0.2) is 5.69 Å². The monoisotopic (exact) mass is 374 g/mol. The average Bonchev–Trinajstić information content (AvgIpc) is 3.17. The van der Waals surface area contributed by atoms with Gasteiger partial charge in [-0.25, -0.2) is 4.68 Å². The van der Waals surface area contributed by atoms with Gasteiger partial charge in [0.05, 0.1) is 15.7 Å². The Hall–Kier alpha value is -1.27. The molecule has 1 aromatic carbocycles. The fourth-order valence-electron chi connectivity index (χ4n) is 2.70. The lowest BCUT2D eigenvalue weighted by atomic mass is 10.2. The summed E-state index contributed by atoms with van der Waals surface area (Å²) < 4.78 is 1.61. The molecule has 23 heavy (non-hydrogen) atoms. The van der Waals surface area contributed by atoms with Crippen molar-refractivity contribution in [3.8, 4) is 5.69 Å². The third kappa shape index (κ3) is 3.63. The largest absolute Gasteiger partial charge is 0.333 e. The van der Waals surface area contributed by atoms with E-state index < -0.39 is 0 Å². The summed E-state index contributed by atoms with van der Waals surface area (Å²) in [5, 5.41) is 5.28. The van der Waals surface area contributed by atoms with Crippen LogP contribution in [-0.2, 0) is 0 Å². The maximum Gasteiger partial charge on any atom is 0.274 e. The highest BCUT2D eigenvalue weighted by atomic mass is 35.5. The van der Waals surface area contributed by atoms with E-state index in [1.807, 2.05) is 4.90 Å². The van der Waals surface area contributed by atoms with E-state index in [1.54, 1.807) is 35.1 Å². The lowest BCUT2D eigenvalue weighted by molar-refractivity contribution is 0.0735. The molecule has 1 saturated heterocycles. The Labute approximate surface area is 150 Å². The summed E-state index contributed by atoms with van der Waals surface area (Å²) in [7, 11) is 0. The van der Waals surface area contributed by atoms with Gasteiger partial charge < -0.3 is 10.6 Å². The molecule has 0 radical (unpaired) electrons. The fraction of sp³-hybridized carbons (Fsp3) is 0.333. The van der Waals surface area contributed by atoms with Gasteiger partial charge in [0, 0.05) is 25.3 Å². The first-order chi connectivity index (χ1) is 10.6. The standard InChI is InChI=1S/C15H16Cl2N4O.ClH/c16-12-4-3-10(8-13(12)17)21-7-5-14(19-21)15(22)20-6-1-2-11(20)9-18;/h3-5,7-8,11H,1-2,6,9,18H2;1H. The van der Waals surface area contributed by atoms with E-state index in [-0.39, 0.29) is 24.4 Å². The maximum absolute atomic E-state index is 12.5. The third-order valence-electron chi connectivity index (χ3n) is 3.89. The van der Waals surface area contributed by atoms with Crippen LogP contribution in [0.3, 0.4) is 0 Å². The van der Waals surface area contributed by atoms with Crippen LogP contribution in [0.15, 0.2) is 30.5 Å². The Kier molecular flexibility index (Phi) is 5.92.